The van der Waals surface area contributed by atoms with Crippen molar-refractivity contribution in [1.82, 2.24) is 4.90 Å². The number of carboxylic acid groups (broad SMARTS) is 1. The van der Waals surface area contributed by atoms with Gasteiger partial charge in [-0.1, -0.05) is 12.7 Å². The highest BCUT2D eigenvalue weighted by Gasteiger charge is 2.69. The Morgan fingerprint density at radius 2 is 1.93 bits per heavy atom. The molecule has 13 nitrogen and oxygen atoms in total. The van der Waals surface area contributed by atoms with Gasteiger partial charge in [0.25, 0.3) is 0 Å². The third kappa shape index (κ3) is 4.95. The topological polar surface area (TPSA) is 186 Å². The summed E-state index contributed by atoms with van der Waals surface area (Å²) in [7, 11) is 1.09. The van der Waals surface area contributed by atoms with Crippen molar-refractivity contribution in [3.05, 3.63) is 23.8 Å². The molecule has 4 aliphatic heterocycles. The number of aliphatic carboxylic acids is 1. The number of rotatable bonds is 8. The van der Waals surface area contributed by atoms with Gasteiger partial charge in [0.05, 0.1) is 36.4 Å². The molecule has 0 spiro atoms. The summed E-state index contributed by atoms with van der Waals surface area (Å²) in [5.74, 6) is -5.67. The SMILES string of the molecule is C=C(C(=O)OC)[C@]12O[C@](C)(CC[C@]3(O)/C(=C\C)C(=O)O[C@]3(C)C[C@@H]1OC(=O)[C@H](CO)CN1CCC[C@@H]1C(=O)O)CC2=O. The van der Waals surface area contributed by atoms with E-state index in [9.17, 15) is 39.3 Å². The highest BCUT2D eigenvalue weighted by molar-refractivity contribution is 6.05. The van der Waals surface area contributed by atoms with Crippen molar-refractivity contribution < 1.29 is 58.2 Å². The van der Waals surface area contributed by atoms with Crippen LogP contribution in [0.2, 0.25) is 0 Å². The molecule has 7 atom stereocenters. The number of hydrogen-bond donors (Lipinski definition) is 3. The fourth-order valence-electron chi connectivity index (χ4n) is 6.92. The predicted octanol–water partition coefficient (Wildman–Crippen LogP) is 0.449. The minimum absolute atomic E-state index is 0.00519. The van der Waals surface area contributed by atoms with Crippen LogP contribution in [0.5, 0.6) is 0 Å². The van der Waals surface area contributed by atoms with Crippen molar-refractivity contribution in [1.29, 1.82) is 0 Å². The summed E-state index contributed by atoms with van der Waals surface area (Å²) in [6, 6.07) is -0.839. The zero-order valence-corrected chi connectivity index (χ0v) is 24.3. The minimum Gasteiger partial charge on any atom is -0.480 e. The molecule has 4 aliphatic rings. The maximum absolute atomic E-state index is 13.9. The zero-order chi connectivity index (χ0) is 31.3. The molecule has 0 amide bonds. The average molecular weight is 594 g/mol. The molecule has 4 rings (SSSR count). The Hall–Kier alpha value is -3.13. The Labute approximate surface area is 243 Å². The number of likely N-dealkylation sites (tertiary alicyclic amines) is 1. The summed E-state index contributed by atoms with van der Waals surface area (Å²) < 4.78 is 22.9. The Kier molecular flexibility index (Phi) is 8.46. The number of Topliss-reactive ketones (excluding diaryl/α,β-unsaturated/α-hetero) is 1. The number of nitrogens with zero attached hydrogens (tertiary/aromatic N) is 1. The summed E-state index contributed by atoms with van der Waals surface area (Å²) in [6.45, 7) is 7.98. The van der Waals surface area contributed by atoms with Gasteiger partial charge in [-0.2, -0.15) is 0 Å². The Morgan fingerprint density at radius 3 is 2.52 bits per heavy atom. The van der Waals surface area contributed by atoms with Gasteiger partial charge in [-0.3, -0.25) is 19.3 Å². The van der Waals surface area contributed by atoms with Gasteiger partial charge in [0.2, 0.25) is 0 Å². The lowest BCUT2D eigenvalue weighted by Crippen LogP contribution is -2.59. The van der Waals surface area contributed by atoms with E-state index in [1.165, 1.54) is 13.0 Å². The molecule has 232 valence electrons. The Balaban J connectivity index is 1.80. The molecule has 4 heterocycles. The van der Waals surface area contributed by atoms with Crippen LogP contribution in [-0.2, 0) is 42.9 Å². The number of ketones is 1. The number of esters is 3. The third-order valence-electron chi connectivity index (χ3n) is 9.34. The summed E-state index contributed by atoms with van der Waals surface area (Å²) in [4.78, 5) is 66.5. The van der Waals surface area contributed by atoms with E-state index in [1.807, 2.05) is 0 Å². The summed E-state index contributed by atoms with van der Waals surface area (Å²) in [6.07, 6.45) is 0.0729. The summed E-state index contributed by atoms with van der Waals surface area (Å²) in [5.41, 5.74) is -7.54. The predicted molar refractivity (Wildman–Crippen MR) is 143 cm³/mol. The van der Waals surface area contributed by atoms with Crippen LogP contribution in [0.4, 0.5) is 0 Å². The summed E-state index contributed by atoms with van der Waals surface area (Å²) in [5, 5.41) is 31.7. The van der Waals surface area contributed by atoms with Crippen LogP contribution in [0.1, 0.15) is 59.3 Å². The number of carbonyl (C=O) groups is 5. The summed E-state index contributed by atoms with van der Waals surface area (Å²) >= 11 is 0. The lowest BCUT2D eigenvalue weighted by Gasteiger charge is -2.42. The third-order valence-corrected chi connectivity index (χ3v) is 9.34. The average Bonchev–Trinajstić information content (AvgIpc) is 3.56. The molecule has 0 saturated carbocycles. The van der Waals surface area contributed by atoms with Crippen molar-refractivity contribution in [3.8, 4) is 0 Å². The molecule has 0 unspecified atom stereocenters. The molecule has 42 heavy (non-hydrogen) atoms. The van der Waals surface area contributed by atoms with E-state index in [0.717, 1.165) is 7.11 Å². The number of fused-ring (bicyclic) bond motifs is 3. The molecule has 4 saturated heterocycles. The van der Waals surface area contributed by atoms with E-state index in [0.29, 0.717) is 19.4 Å². The first kappa shape index (κ1) is 31.8. The van der Waals surface area contributed by atoms with E-state index >= 15 is 0 Å². The fourth-order valence-corrected chi connectivity index (χ4v) is 6.92. The highest BCUT2D eigenvalue weighted by Crippen LogP contribution is 2.55. The van der Waals surface area contributed by atoms with Crippen molar-refractivity contribution in [3.63, 3.8) is 0 Å². The van der Waals surface area contributed by atoms with Gasteiger partial charge < -0.3 is 34.3 Å². The number of allylic oxidation sites excluding steroid dienone is 1. The largest absolute Gasteiger partial charge is 0.480 e. The standard InChI is InChI=1S/C29H39NO12/c1-6-18-25(37)41-27(4)13-21(40-24(36)17(15-31)14-30-11-7-8-19(30)22(33)34)29(16(2)23(35)39-5)20(32)12-26(3,42-29)9-10-28(18,27)38/h6,17,19,21,31,38H,2,7-15H2,1,3-5H3,(H,33,34)/b18-6-/t17-,19+,21-,26+,27+,28-,29+/m0/s1. The highest BCUT2D eigenvalue weighted by atomic mass is 16.6. The van der Waals surface area contributed by atoms with Gasteiger partial charge in [-0.05, 0) is 53.0 Å². The van der Waals surface area contributed by atoms with Crippen LogP contribution in [-0.4, -0.2) is 111 Å². The molecule has 0 aliphatic carbocycles. The first-order valence-electron chi connectivity index (χ1n) is 14.0. The number of aliphatic hydroxyl groups is 2. The molecule has 13 heteroatoms. The molecule has 2 bridgehead atoms. The van der Waals surface area contributed by atoms with Crippen LogP contribution in [0.3, 0.4) is 0 Å². The second-order valence-corrected chi connectivity index (χ2v) is 12.0. The molecule has 0 aromatic rings. The van der Waals surface area contributed by atoms with Gasteiger partial charge in [-0.15, -0.1) is 0 Å². The van der Waals surface area contributed by atoms with Crippen molar-refractivity contribution in [2.45, 2.75) is 93.8 Å². The van der Waals surface area contributed by atoms with E-state index in [2.05, 4.69) is 6.58 Å². The van der Waals surface area contributed by atoms with E-state index in [-0.39, 0.29) is 31.4 Å². The quantitative estimate of drug-likeness (QED) is 0.200. The fraction of sp³-hybridized carbons (Fsp3) is 0.690. The van der Waals surface area contributed by atoms with Crippen LogP contribution in [0.15, 0.2) is 23.8 Å². The number of carbonyl (C=O) groups excluding carboxylic acids is 4. The molecular weight excluding hydrogens is 554 g/mol. The minimum atomic E-state index is -2.26. The number of aliphatic hydroxyl groups excluding tert-OH is 1. The van der Waals surface area contributed by atoms with Crippen LogP contribution in [0.25, 0.3) is 0 Å². The monoisotopic (exact) mass is 593 g/mol. The number of methoxy groups -OCH3 is 1. The lowest BCUT2D eigenvalue weighted by atomic mass is 9.69. The van der Waals surface area contributed by atoms with Gasteiger partial charge in [0, 0.05) is 19.4 Å². The van der Waals surface area contributed by atoms with E-state index in [1.54, 1.807) is 18.7 Å². The normalized spacial score (nSPS) is 38.2. The number of carboxylic acids is 1. The smallest absolute Gasteiger partial charge is 0.337 e. The van der Waals surface area contributed by atoms with E-state index < -0.39 is 88.7 Å². The number of hydrogen-bond acceptors (Lipinski definition) is 12. The second-order valence-electron chi connectivity index (χ2n) is 12.0. The van der Waals surface area contributed by atoms with Crippen LogP contribution >= 0.6 is 0 Å². The molecule has 0 aromatic heterocycles. The Bertz CT molecular complexity index is 1230. The van der Waals surface area contributed by atoms with Crippen molar-refractivity contribution >= 4 is 29.7 Å². The maximum Gasteiger partial charge on any atom is 0.337 e. The molecule has 0 aromatic carbocycles. The van der Waals surface area contributed by atoms with Gasteiger partial charge in [0.1, 0.15) is 23.3 Å². The van der Waals surface area contributed by atoms with Crippen molar-refractivity contribution in [2.24, 2.45) is 5.92 Å². The first-order valence-corrected chi connectivity index (χ1v) is 14.0. The molecule has 0 radical (unpaired) electrons. The van der Waals surface area contributed by atoms with Gasteiger partial charge in [0.15, 0.2) is 11.4 Å². The maximum atomic E-state index is 13.9. The molecule has 4 fully saturated rings. The van der Waals surface area contributed by atoms with Crippen LogP contribution < -0.4 is 0 Å². The Morgan fingerprint density at radius 1 is 1.24 bits per heavy atom. The van der Waals surface area contributed by atoms with Gasteiger partial charge in [-0.25, -0.2) is 9.59 Å². The number of ether oxygens (including phenoxy) is 4. The van der Waals surface area contributed by atoms with Crippen molar-refractivity contribution in [2.75, 3.05) is 26.8 Å². The molecular formula is C29H39NO12. The first-order chi connectivity index (χ1) is 19.6. The molecule has 3 N–H and O–H groups in total. The van der Waals surface area contributed by atoms with Gasteiger partial charge >= 0.3 is 23.9 Å². The van der Waals surface area contributed by atoms with Crippen LogP contribution in [0, 0.1) is 5.92 Å². The zero-order valence-electron chi connectivity index (χ0n) is 24.3. The van der Waals surface area contributed by atoms with E-state index in [4.69, 9.17) is 18.9 Å². The second kappa shape index (κ2) is 11.2. The lowest BCUT2D eigenvalue weighted by molar-refractivity contribution is -0.194.